The zero-order valence-electron chi connectivity index (χ0n) is 9.57. The third-order valence-corrected chi connectivity index (χ3v) is 3.31. The van der Waals surface area contributed by atoms with Crippen molar-refractivity contribution in [2.75, 3.05) is 5.32 Å². The molecule has 0 saturated heterocycles. The molecule has 6 heteroatoms. The normalized spacial score (nSPS) is 11.9. The molecule has 1 N–H and O–H groups in total. The van der Waals surface area contributed by atoms with Crippen LogP contribution in [0.4, 0.5) is 11.4 Å². The van der Waals surface area contributed by atoms with E-state index < -0.39 is 4.92 Å². The Morgan fingerprint density at radius 2 is 2.24 bits per heavy atom. The van der Waals surface area contributed by atoms with E-state index in [0.717, 1.165) is 5.56 Å². The van der Waals surface area contributed by atoms with Gasteiger partial charge in [-0.2, -0.15) is 0 Å². The molecular weight excluding hydrogens is 288 g/mol. The molecule has 92 valence electrons. The van der Waals surface area contributed by atoms with E-state index in [1.165, 1.54) is 6.07 Å². The number of anilines is 1. The third-order valence-electron chi connectivity index (χ3n) is 2.25. The van der Waals surface area contributed by atoms with E-state index in [9.17, 15) is 14.9 Å². The van der Waals surface area contributed by atoms with Crippen LogP contribution in [0.25, 0.3) is 0 Å². The van der Waals surface area contributed by atoms with Gasteiger partial charge in [-0.05, 0) is 25.0 Å². The fraction of sp³-hybridized carbons (Fsp3) is 0.364. The Labute approximate surface area is 107 Å². The number of nitrogens with zero attached hydrogens (tertiary/aromatic N) is 1. The number of hydrogen-bond acceptors (Lipinski definition) is 3. The number of nitro benzene ring substituents is 1. The highest BCUT2D eigenvalue weighted by Crippen LogP contribution is 2.25. The average molecular weight is 301 g/mol. The van der Waals surface area contributed by atoms with Crippen LogP contribution in [0.1, 0.15) is 18.9 Å². The average Bonchev–Trinajstić information content (AvgIpc) is 2.27. The lowest BCUT2D eigenvalue weighted by Crippen LogP contribution is -2.22. The molecule has 0 bridgehead atoms. The van der Waals surface area contributed by atoms with Gasteiger partial charge in [0.2, 0.25) is 5.91 Å². The van der Waals surface area contributed by atoms with E-state index in [-0.39, 0.29) is 22.1 Å². The number of hydrogen-bond donors (Lipinski definition) is 1. The standard InChI is InChI=1S/C11H13BrN2O3/c1-3-8(12)11(15)13-9-6-7(2)4-5-10(9)14(16)17/h4-6,8H,3H2,1-2H3,(H,13,15). The van der Waals surface area contributed by atoms with E-state index in [0.29, 0.717) is 6.42 Å². The number of nitrogens with one attached hydrogen (secondary N) is 1. The predicted octanol–water partition coefficient (Wildman–Crippen LogP) is 3.02. The summed E-state index contributed by atoms with van der Waals surface area (Å²) in [5.74, 6) is -0.277. The number of carbonyl (C=O) groups is 1. The zero-order valence-corrected chi connectivity index (χ0v) is 11.2. The maximum atomic E-state index is 11.6. The Hall–Kier alpha value is -1.43. The molecule has 0 radical (unpaired) electrons. The van der Waals surface area contributed by atoms with Crippen molar-refractivity contribution in [1.82, 2.24) is 0 Å². The molecule has 1 aromatic carbocycles. The van der Waals surface area contributed by atoms with Crippen LogP contribution in [-0.2, 0) is 4.79 Å². The highest BCUT2D eigenvalue weighted by molar-refractivity contribution is 9.10. The summed E-state index contributed by atoms with van der Waals surface area (Å²) in [7, 11) is 0. The molecule has 0 aliphatic rings. The van der Waals surface area contributed by atoms with Gasteiger partial charge in [0, 0.05) is 6.07 Å². The van der Waals surface area contributed by atoms with Gasteiger partial charge in [-0.15, -0.1) is 0 Å². The number of rotatable bonds is 4. The van der Waals surface area contributed by atoms with Crippen molar-refractivity contribution >= 4 is 33.2 Å². The second kappa shape index (κ2) is 5.77. The monoisotopic (exact) mass is 300 g/mol. The van der Waals surface area contributed by atoms with Crippen molar-refractivity contribution in [1.29, 1.82) is 0 Å². The molecule has 0 aliphatic carbocycles. The number of carbonyl (C=O) groups excluding carboxylic acids is 1. The summed E-state index contributed by atoms with van der Waals surface area (Å²) in [6, 6.07) is 4.62. The van der Waals surface area contributed by atoms with Gasteiger partial charge in [0.05, 0.1) is 9.75 Å². The van der Waals surface area contributed by atoms with Crippen LogP contribution in [0, 0.1) is 17.0 Å². The van der Waals surface area contributed by atoms with E-state index in [4.69, 9.17) is 0 Å². The molecule has 1 atom stereocenters. The van der Waals surface area contributed by atoms with E-state index in [2.05, 4.69) is 21.2 Å². The molecule has 17 heavy (non-hydrogen) atoms. The number of benzene rings is 1. The molecule has 0 aromatic heterocycles. The number of alkyl halides is 1. The van der Waals surface area contributed by atoms with Crippen LogP contribution in [0.5, 0.6) is 0 Å². The summed E-state index contributed by atoms with van der Waals surface area (Å²) in [5, 5.41) is 13.4. The van der Waals surface area contributed by atoms with Gasteiger partial charge in [-0.1, -0.05) is 28.9 Å². The SMILES string of the molecule is CCC(Br)C(=O)Nc1cc(C)ccc1[N+](=O)[O-]. The molecule has 0 aliphatic heterocycles. The van der Waals surface area contributed by atoms with Gasteiger partial charge in [0.1, 0.15) is 5.69 Å². The predicted molar refractivity (Wildman–Crippen MR) is 69.5 cm³/mol. The highest BCUT2D eigenvalue weighted by atomic mass is 79.9. The topological polar surface area (TPSA) is 72.2 Å². The van der Waals surface area contributed by atoms with Gasteiger partial charge < -0.3 is 5.32 Å². The molecule has 1 aromatic rings. The Kier molecular flexibility index (Phi) is 4.62. The van der Waals surface area contributed by atoms with E-state index in [1.807, 2.05) is 13.8 Å². The summed E-state index contributed by atoms with van der Waals surface area (Å²) in [6.45, 7) is 3.66. The van der Waals surface area contributed by atoms with Crippen molar-refractivity contribution in [3.8, 4) is 0 Å². The molecular formula is C11H13BrN2O3. The largest absolute Gasteiger partial charge is 0.319 e. The van der Waals surface area contributed by atoms with Crippen molar-refractivity contribution in [2.45, 2.75) is 25.1 Å². The maximum absolute atomic E-state index is 11.6. The minimum Gasteiger partial charge on any atom is -0.319 e. The summed E-state index contributed by atoms with van der Waals surface area (Å²) in [5.41, 5.74) is 0.992. The molecule has 1 amide bonds. The van der Waals surface area contributed by atoms with Crippen LogP contribution < -0.4 is 5.32 Å². The highest BCUT2D eigenvalue weighted by Gasteiger charge is 2.18. The Morgan fingerprint density at radius 3 is 2.76 bits per heavy atom. The lowest BCUT2D eigenvalue weighted by molar-refractivity contribution is -0.383. The fourth-order valence-corrected chi connectivity index (χ4v) is 1.42. The van der Waals surface area contributed by atoms with E-state index >= 15 is 0 Å². The van der Waals surface area contributed by atoms with Crippen molar-refractivity contribution in [3.05, 3.63) is 33.9 Å². The molecule has 0 heterocycles. The molecule has 0 spiro atoms. The first kappa shape index (κ1) is 13.6. The van der Waals surface area contributed by atoms with Crippen molar-refractivity contribution < 1.29 is 9.72 Å². The number of amides is 1. The van der Waals surface area contributed by atoms with Crippen LogP contribution in [0.2, 0.25) is 0 Å². The van der Waals surface area contributed by atoms with Gasteiger partial charge >= 0.3 is 0 Å². The summed E-state index contributed by atoms with van der Waals surface area (Å²) < 4.78 is 0. The molecule has 5 nitrogen and oxygen atoms in total. The number of halogens is 1. The van der Waals surface area contributed by atoms with Crippen LogP contribution in [0.15, 0.2) is 18.2 Å². The maximum Gasteiger partial charge on any atom is 0.292 e. The first-order chi connectivity index (χ1) is 7.95. The quantitative estimate of drug-likeness (QED) is 0.528. The molecule has 1 rings (SSSR count). The van der Waals surface area contributed by atoms with Crippen LogP contribution in [-0.4, -0.2) is 15.7 Å². The van der Waals surface area contributed by atoms with Crippen molar-refractivity contribution in [3.63, 3.8) is 0 Å². The fourth-order valence-electron chi connectivity index (χ4n) is 1.31. The van der Waals surface area contributed by atoms with Crippen molar-refractivity contribution in [2.24, 2.45) is 0 Å². The molecule has 1 unspecified atom stereocenters. The van der Waals surface area contributed by atoms with Gasteiger partial charge in [-0.3, -0.25) is 14.9 Å². The Bertz CT molecular complexity index is 448. The summed E-state index contributed by atoms with van der Waals surface area (Å²) in [6.07, 6.45) is 0.617. The molecule has 0 fully saturated rings. The third kappa shape index (κ3) is 3.52. The Balaban J connectivity index is 3.00. The van der Waals surface area contributed by atoms with Gasteiger partial charge in [0.15, 0.2) is 0 Å². The summed E-state index contributed by atoms with van der Waals surface area (Å²) >= 11 is 3.20. The van der Waals surface area contributed by atoms with Gasteiger partial charge in [0.25, 0.3) is 5.69 Å². The second-order valence-corrected chi connectivity index (χ2v) is 4.75. The number of nitro groups is 1. The van der Waals surface area contributed by atoms with Crippen LogP contribution in [0.3, 0.4) is 0 Å². The molecule has 0 saturated carbocycles. The van der Waals surface area contributed by atoms with E-state index in [1.54, 1.807) is 12.1 Å². The minimum absolute atomic E-state index is 0.0975. The lowest BCUT2D eigenvalue weighted by Gasteiger charge is -2.09. The zero-order chi connectivity index (χ0) is 13.0. The lowest BCUT2D eigenvalue weighted by atomic mass is 10.2. The Morgan fingerprint density at radius 1 is 1.59 bits per heavy atom. The first-order valence-corrected chi connectivity index (χ1v) is 6.07. The second-order valence-electron chi connectivity index (χ2n) is 3.64. The van der Waals surface area contributed by atoms with Gasteiger partial charge in [-0.25, -0.2) is 0 Å². The first-order valence-electron chi connectivity index (χ1n) is 5.15. The van der Waals surface area contributed by atoms with Crippen LogP contribution >= 0.6 is 15.9 Å². The summed E-state index contributed by atoms with van der Waals surface area (Å²) in [4.78, 5) is 21.6. The smallest absolute Gasteiger partial charge is 0.292 e. The minimum atomic E-state index is -0.510. The number of aryl methyl sites for hydroxylation is 1.